The minimum absolute atomic E-state index is 0.331. The molecule has 0 saturated carbocycles. The fraction of sp³-hybridized carbons (Fsp3) is 0.263. The van der Waals surface area contributed by atoms with Gasteiger partial charge in [-0.2, -0.15) is 0 Å². The van der Waals surface area contributed by atoms with Crippen molar-refractivity contribution in [1.29, 1.82) is 0 Å². The molecule has 24 heavy (non-hydrogen) atoms. The molecule has 0 fully saturated rings. The third-order valence-electron chi connectivity index (χ3n) is 2.36. The first-order chi connectivity index (χ1) is 11.6. The van der Waals surface area contributed by atoms with Gasteiger partial charge in [0.15, 0.2) is 0 Å². The van der Waals surface area contributed by atoms with E-state index >= 15 is 0 Å². The highest BCUT2D eigenvalue weighted by Gasteiger charge is 2.06. The maximum absolute atomic E-state index is 10.6. The van der Waals surface area contributed by atoms with Gasteiger partial charge in [-0.15, -0.1) is 11.8 Å². The first kappa shape index (κ1) is 24.0. The molecular weight excluding hydrogens is 324 g/mol. The SMILES string of the molecule is CC.CC.CSc1ccccc1C(=O)O.O=C(O)c1ccccc1. The van der Waals surface area contributed by atoms with E-state index in [1.54, 1.807) is 48.5 Å². The van der Waals surface area contributed by atoms with Crippen molar-refractivity contribution in [1.82, 2.24) is 0 Å². The monoisotopic (exact) mass is 350 g/mol. The normalized spacial score (nSPS) is 8.21. The summed E-state index contributed by atoms with van der Waals surface area (Å²) in [5, 5.41) is 17.1. The van der Waals surface area contributed by atoms with Gasteiger partial charge >= 0.3 is 11.9 Å². The van der Waals surface area contributed by atoms with Gasteiger partial charge in [-0.3, -0.25) is 0 Å². The molecule has 0 spiro atoms. The van der Waals surface area contributed by atoms with E-state index in [-0.39, 0.29) is 0 Å². The molecule has 0 heterocycles. The molecule has 0 bridgehead atoms. The van der Waals surface area contributed by atoms with Gasteiger partial charge in [-0.25, -0.2) is 9.59 Å². The van der Waals surface area contributed by atoms with Gasteiger partial charge < -0.3 is 10.2 Å². The van der Waals surface area contributed by atoms with Crippen molar-refractivity contribution in [3.05, 3.63) is 65.7 Å². The first-order valence-corrected chi connectivity index (χ1v) is 8.93. The Morgan fingerprint density at radius 3 is 1.54 bits per heavy atom. The lowest BCUT2D eigenvalue weighted by Crippen LogP contribution is -1.97. The van der Waals surface area contributed by atoms with E-state index in [1.165, 1.54) is 11.8 Å². The standard InChI is InChI=1S/C8H8O2S.C7H6O2.2C2H6/c1-11-7-5-3-2-4-6(7)8(9)10;8-7(9)6-4-2-1-3-5-6;2*1-2/h2-5H,1H3,(H,9,10);1-5H,(H,8,9);2*1-2H3. The number of carboxylic acid groups (broad SMARTS) is 2. The molecule has 5 heteroatoms. The highest BCUT2D eigenvalue weighted by molar-refractivity contribution is 7.98. The zero-order valence-corrected chi connectivity index (χ0v) is 15.6. The molecule has 0 amide bonds. The molecular formula is C19H26O4S. The van der Waals surface area contributed by atoms with Crippen LogP contribution >= 0.6 is 11.8 Å². The predicted octanol–water partition coefficient (Wildman–Crippen LogP) is 5.54. The van der Waals surface area contributed by atoms with Crippen molar-refractivity contribution in [3.8, 4) is 0 Å². The molecule has 0 unspecified atom stereocenters. The van der Waals surface area contributed by atoms with E-state index in [2.05, 4.69) is 0 Å². The Hall–Kier alpha value is -2.27. The van der Waals surface area contributed by atoms with Gasteiger partial charge in [-0.05, 0) is 30.5 Å². The zero-order valence-electron chi connectivity index (χ0n) is 14.8. The summed E-state index contributed by atoms with van der Waals surface area (Å²) in [7, 11) is 0. The maximum Gasteiger partial charge on any atom is 0.336 e. The smallest absolute Gasteiger partial charge is 0.336 e. The molecule has 2 N–H and O–H groups in total. The lowest BCUT2D eigenvalue weighted by Gasteiger charge is -1.99. The zero-order chi connectivity index (χ0) is 19.0. The minimum atomic E-state index is -0.879. The lowest BCUT2D eigenvalue weighted by molar-refractivity contribution is 0.0684. The van der Waals surface area contributed by atoms with E-state index in [1.807, 2.05) is 40.0 Å². The molecule has 132 valence electrons. The minimum Gasteiger partial charge on any atom is -0.478 e. The van der Waals surface area contributed by atoms with Gasteiger partial charge in [-0.1, -0.05) is 58.0 Å². The van der Waals surface area contributed by atoms with Crippen LogP contribution in [-0.4, -0.2) is 28.4 Å². The van der Waals surface area contributed by atoms with E-state index in [9.17, 15) is 9.59 Å². The van der Waals surface area contributed by atoms with Crippen molar-refractivity contribution < 1.29 is 19.8 Å². The summed E-state index contributed by atoms with van der Waals surface area (Å²) in [6.07, 6.45) is 1.86. The van der Waals surface area contributed by atoms with Crippen LogP contribution in [0.2, 0.25) is 0 Å². The van der Waals surface area contributed by atoms with Crippen LogP contribution < -0.4 is 0 Å². The maximum atomic E-state index is 10.6. The Morgan fingerprint density at radius 1 is 0.750 bits per heavy atom. The van der Waals surface area contributed by atoms with Gasteiger partial charge in [0.2, 0.25) is 0 Å². The second kappa shape index (κ2) is 15.6. The highest BCUT2D eigenvalue weighted by atomic mass is 32.2. The van der Waals surface area contributed by atoms with Crippen LogP contribution in [0.1, 0.15) is 48.4 Å². The van der Waals surface area contributed by atoms with Crippen LogP contribution in [-0.2, 0) is 0 Å². The molecule has 0 aliphatic heterocycles. The van der Waals surface area contributed by atoms with Crippen molar-refractivity contribution >= 4 is 23.7 Å². The number of rotatable bonds is 3. The number of carboxylic acids is 2. The highest BCUT2D eigenvalue weighted by Crippen LogP contribution is 2.19. The van der Waals surface area contributed by atoms with Gasteiger partial charge in [0, 0.05) is 4.90 Å². The summed E-state index contributed by atoms with van der Waals surface area (Å²) in [6.45, 7) is 8.00. The van der Waals surface area contributed by atoms with Crippen molar-refractivity contribution in [2.24, 2.45) is 0 Å². The number of benzene rings is 2. The second-order valence-electron chi connectivity index (χ2n) is 3.68. The summed E-state index contributed by atoms with van der Waals surface area (Å²) in [5.41, 5.74) is 0.706. The topological polar surface area (TPSA) is 74.6 Å². The van der Waals surface area contributed by atoms with E-state index < -0.39 is 11.9 Å². The molecule has 2 aromatic carbocycles. The van der Waals surface area contributed by atoms with Crippen molar-refractivity contribution in [3.63, 3.8) is 0 Å². The number of hydrogen-bond donors (Lipinski definition) is 2. The van der Waals surface area contributed by atoms with Gasteiger partial charge in [0.25, 0.3) is 0 Å². The largest absolute Gasteiger partial charge is 0.478 e. The predicted molar refractivity (Wildman–Crippen MR) is 101 cm³/mol. The molecule has 2 rings (SSSR count). The fourth-order valence-corrected chi connectivity index (χ4v) is 1.99. The average Bonchev–Trinajstić information content (AvgIpc) is 2.66. The lowest BCUT2D eigenvalue weighted by atomic mass is 10.2. The molecule has 0 aliphatic carbocycles. The summed E-state index contributed by atoms with van der Waals surface area (Å²) in [5.74, 6) is -1.74. The van der Waals surface area contributed by atoms with Crippen molar-refractivity contribution in [2.45, 2.75) is 32.6 Å². The van der Waals surface area contributed by atoms with Crippen LogP contribution in [0.5, 0.6) is 0 Å². The van der Waals surface area contributed by atoms with Crippen LogP contribution in [0.3, 0.4) is 0 Å². The van der Waals surface area contributed by atoms with E-state index in [4.69, 9.17) is 10.2 Å². The van der Waals surface area contributed by atoms with Gasteiger partial charge in [0.05, 0.1) is 11.1 Å². The van der Waals surface area contributed by atoms with Crippen molar-refractivity contribution in [2.75, 3.05) is 6.26 Å². The van der Waals surface area contributed by atoms with Crippen LogP contribution in [0.15, 0.2) is 59.5 Å². The third-order valence-corrected chi connectivity index (χ3v) is 3.15. The summed E-state index contributed by atoms with van der Waals surface area (Å²) in [4.78, 5) is 21.6. The number of carbonyl (C=O) groups is 2. The van der Waals surface area contributed by atoms with Crippen LogP contribution in [0.25, 0.3) is 0 Å². The molecule has 2 aromatic rings. The van der Waals surface area contributed by atoms with E-state index in [0.29, 0.717) is 11.1 Å². The fourth-order valence-electron chi connectivity index (χ4n) is 1.40. The molecule has 0 radical (unpaired) electrons. The summed E-state index contributed by atoms with van der Waals surface area (Å²) >= 11 is 1.44. The second-order valence-corrected chi connectivity index (χ2v) is 4.52. The summed E-state index contributed by atoms with van der Waals surface area (Å²) < 4.78 is 0. The Labute approximate surface area is 148 Å². The Kier molecular flexibility index (Phi) is 15.6. The third kappa shape index (κ3) is 9.69. The average molecular weight is 350 g/mol. The number of aromatic carboxylic acids is 2. The Bertz CT molecular complexity index is 583. The quantitative estimate of drug-likeness (QED) is 0.710. The number of hydrogen-bond acceptors (Lipinski definition) is 3. The summed E-state index contributed by atoms with van der Waals surface area (Å²) in [6, 6.07) is 15.3. The Morgan fingerprint density at radius 2 is 1.21 bits per heavy atom. The first-order valence-electron chi connectivity index (χ1n) is 7.71. The number of thioether (sulfide) groups is 1. The van der Waals surface area contributed by atoms with Gasteiger partial charge in [0.1, 0.15) is 0 Å². The van der Waals surface area contributed by atoms with Crippen LogP contribution in [0, 0.1) is 0 Å². The molecule has 4 nitrogen and oxygen atoms in total. The van der Waals surface area contributed by atoms with Crippen LogP contribution in [0.4, 0.5) is 0 Å². The Balaban J connectivity index is 0. The molecule has 0 saturated heterocycles. The van der Waals surface area contributed by atoms with E-state index in [0.717, 1.165) is 4.90 Å². The molecule has 0 atom stereocenters. The molecule has 0 aliphatic rings. The molecule has 0 aromatic heterocycles.